The molecule has 7 heteroatoms. The Bertz CT molecular complexity index is 965. The molecule has 2 aromatic carbocycles. The fraction of sp³-hybridized carbons (Fsp3) is 0.346. The summed E-state index contributed by atoms with van der Waals surface area (Å²) in [5.41, 5.74) is 0.418. The summed E-state index contributed by atoms with van der Waals surface area (Å²) in [6.07, 6.45) is 5.22. The number of aromatic nitrogens is 1. The Morgan fingerprint density at radius 1 is 1.09 bits per heavy atom. The smallest absolute Gasteiger partial charge is 0.423 e. The molecule has 0 radical (unpaired) electrons. The highest BCUT2D eigenvalue weighted by molar-refractivity contribution is 5.76. The lowest BCUT2D eigenvalue weighted by Crippen LogP contribution is -2.33. The minimum atomic E-state index is -1.21. The van der Waals surface area contributed by atoms with E-state index in [9.17, 15) is 14.7 Å². The van der Waals surface area contributed by atoms with Gasteiger partial charge in [-0.25, -0.2) is 0 Å². The number of carbonyl (C=O) groups is 2. The van der Waals surface area contributed by atoms with E-state index in [1.165, 1.54) is 0 Å². The summed E-state index contributed by atoms with van der Waals surface area (Å²) in [6.45, 7) is 1.69. The van der Waals surface area contributed by atoms with Crippen LogP contribution in [0.2, 0.25) is 0 Å². The molecule has 0 unspecified atom stereocenters. The zero-order valence-corrected chi connectivity index (χ0v) is 19.0. The largest absolute Gasteiger partial charge is 0.442 e. The highest BCUT2D eigenvalue weighted by atomic mass is 16.4. The molecule has 0 saturated carbocycles. The van der Waals surface area contributed by atoms with Gasteiger partial charge in [0, 0.05) is 25.9 Å². The molecule has 3 rings (SSSR count). The van der Waals surface area contributed by atoms with E-state index in [2.05, 4.69) is 10.3 Å². The van der Waals surface area contributed by atoms with Crippen LogP contribution in [0.3, 0.4) is 0 Å². The molecule has 0 bridgehead atoms. The van der Waals surface area contributed by atoms with Crippen molar-refractivity contribution < 1.29 is 24.1 Å². The van der Waals surface area contributed by atoms with E-state index >= 15 is 0 Å². The van der Waals surface area contributed by atoms with E-state index in [1.807, 2.05) is 72.6 Å². The Labute approximate surface area is 194 Å². The van der Waals surface area contributed by atoms with E-state index in [0.717, 1.165) is 30.3 Å². The summed E-state index contributed by atoms with van der Waals surface area (Å²) in [4.78, 5) is 27.5. The molecule has 1 heterocycles. The summed E-state index contributed by atoms with van der Waals surface area (Å²) in [6, 6.07) is 19.3. The SMILES string of the molecule is CN(CCC(=O)NCCCCC=O)Cc1c[nH+]c(C([OH2+])(c2ccccc2)c2ccccc2)o1. The molecule has 0 aliphatic rings. The quantitative estimate of drug-likeness (QED) is 0.245. The number of oxazole rings is 1. The second-order valence-electron chi connectivity index (χ2n) is 8.17. The minimum absolute atomic E-state index is 0.00187. The van der Waals surface area contributed by atoms with Crippen molar-refractivity contribution in [2.45, 2.75) is 37.8 Å². The van der Waals surface area contributed by atoms with Crippen LogP contribution in [0.15, 0.2) is 71.3 Å². The molecule has 0 atom stereocenters. The van der Waals surface area contributed by atoms with Crippen molar-refractivity contribution in [3.05, 3.63) is 89.6 Å². The molecule has 0 aliphatic carbocycles. The van der Waals surface area contributed by atoms with Crippen LogP contribution in [0.4, 0.5) is 0 Å². The van der Waals surface area contributed by atoms with Crippen LogP contribution in [-0.4, -0.2) is 42.3 Å². The second kappa shape index (κ2) is 12.1. The molecule has 4 N–H and O–H groups in total. The third-order valence-electron chi connectivity index (χ3n) is 5.57. The number of hydrogen-bond acceptors (Lipinski definition) is 4. The predicted molar refractivity (Wildman–Crippen MR) is 126 cm³/mol. The van der Waals surface area contributed by atoms with Crippen molar-refractivity contribution >= 4 is 12.2 Å². The van der Waals surface area contributed by atoms with Gasteiger partial charge in [-0.2, -0.15) is 4.98 Å². The lowest BCUT2D eigenvalue weighted by Gasteiger charge is -2.18. The van der Waals surface area contributed by atoms with Crippen LogP contribution in [0, 0.1) is 0 Å². The number of hydrogen-bond donors (Lipinski definition) is 1. The number of aldehydes is 1. The van der Waals surface area contributed by atoms with Gasteiger partial charge >= 0.3 is 11.5 Å². The fourth-order valence-electron chi connectivity index (χ4n) is 3.71. The van der Waals surface area contributed by atoms with Crippen LogP contribution >= 0.6 is 0 Å². The fourth-order valence-corrected chi connectivity index (χ4v) is 3.71. The monoisotopic (exact) mass is 451 g/mol. The van der Waals surface area contributed by atoms with Gasteiger partial charge in [0.1, 0.15) is 6.29 Å². The Kier molecular flexibility index (Phi) is 8.92. The van der Waals surface area contributed by atoms with Crippen molar-refractivity contribution in [2.75, 3.05) is 20.1 Å². The van der Waals surface area contributed by atoms with E-state index in [4.69, 9.17) is 4.42 Å². The number of H-pyrrole nitrogens is 1. The summed E-state index contributed by atoms with van der Waals surface area (Å²) < 4.78 is 6.12. The van der Waals surface area contributed by atoms with Gasteiger partial charge in [0.15, 0.2) is 5.76 Å². The van der Waals surface area contributed by atoms with Crippen molar-refractivity contribution in [1.29, 1.82) is 0 Å². The standard InChI is InChI=1S/C26H31N3O4/c1-29(17-15-24(31)27-16-9-4-10-18-30)20-23-19-28-25(33-23)26(32,21-11-5-2-6-12-21)22-13-7-3-8-14-22/h2-3,5-8,11-14,18-19,32H,4,9-10,15-17,20H2,1H3,(H,27,31)/p+2. The lowest BCUT2D eigenvalue weighted by atomic mass is 9.86. The predicted octanol–water partition coefficient (Wildman–Crippen LogP) is 2.42. The molecule has 3 aromatic rings. The molecule has 0 fully saturated rings. The second-order valence-corrected chi connectivity index (χ2v) is 8.17. The molecule has 1 aromatic heterocycles. The van der Waals surface area contributed by atoms with Crippen molar-refractivity contribution in [3.8, 4) is 0 Å². The van der Waals surface area contributed by atoms with Gasteiger partial charge < -0.3 is 19.6 Å². The van der Waals surface area contributed by atoms with Gasteiger partial charge in [0.2, 0.25) is 12.1 Å². The molecule has 1 amide bonds. The van der Waals surface area contributed by atoms with Gasteiger partial charge in [-0.05, 0) is 44.2 Å². The van der Waals surface area contributed by atoms with Gasteiger partial charge in [-0.15, -0.1) is 0 Å². The number of aromatic amines is 1. The van der Waals surface area contributed by atoms with E-state index < -0.39 is 5.60 Å². The summed E-state index contributed by atoms with van der Waals surface area (Å²) in [5.74, 6) is 1.14. The van der Waals surface area contributed by atoms with Crippen LogP contribution in [0.1, 0.15) is 48.5 Å². The van der Waals surface area contributed by atoms with Crippen molar-refractivity contribution in [2.24, 2.45) is 0 Å². The number of nitrogens with one attached hydrogen (secondary N) is 2. The van der Waals surface area contributed by atoms with Gasteiger partial charge in [-0.1, -0.05) is 36.4 Å². The molecular formula is C26H33N3O4+2. The third-order valence-corrected chi connectivity index (χ3v) is 5.57. The van der Waals surface area contributed by atoms with Crippen molar-refractivity contribution in [1.82, 2.24) is 10.2 Å². The highest BCUT2D eigenvalue weighted by Crippen LogP contribution is 2.34. The number of amides is 1. The first-order chi connectivity index (χ1) is 16.0. The average Bonchev–Trinajstić information content (AvgIpc) is 3.32. The molecule has 33 heavy (non-hydrogen) atoms. The molecule has 7 nitrogen and oxygen atoms in total. The normalized spacial score (nSPS) is 11.5. The van der Waals surface area contributed by atoms with Crippen LogP contribution in [0.25, 0.3) is 0 Å². The number of carbonyl (C=O) groups excluding carboxylic acids is 2. The third kappa shape index (κ3) is 6.60. The molecule has 0 spiro atoms. The maximum atomic E-state index is 12.0. The minimum Gasteiger partial charge on any atom is -0.423 e. The number of nitrogens with zero attached hydrogens (tertiary/aromatic N) is 1. The Morgan fingerprint density at radius 2 is 1.73 bits per heavy atom. The van der Waals surface area contributed by atoms with E-state index in [1.54, 1.807) is 6.20 Å². The number of unbranched alkanes of at least 4 members (excludes halogenated alkanes) is 2. The van der Waals surface area contributed by atoms with E-state index in [-0.39, 0.29) is 5.91 Å². The zero-order chi connectivity index (χ0) is 23.5. The van der Waals surface area contributed by atoms with E-state index in [0.29, 0.717) is 44.1 Å². The maximum Gasteiger partial charge on any atom is 0.442 e. The maximum absolute atomic E-state index is 12.0. The topological polar surface area (TPSA) is 99.6 Å². The van der Waals surface area contributed by atoms with Gasteiger partial charge in [0.05, 0.1) is 17.7 Å². The first-order valence-corrected chi connectivity index (χ1v) is 11.3. The number of benzene rings is 2. The molecule has 174 valence electrons. The van der Waals surface area contributed by atoms with Crippen LogP contribution in [-0.2, 0) is 21.7 Å². The molecule has 0 saturated heterocycles. The van der Waals surface area contributed by atoms with Gasteiger partial charge in [0.25, 0.3) is 0 Å². The Balaban J connectivity index is 1.62. The lowest BCUT2D eigenvalue weighted by molar-refractivity contribution is -0.411. The zero-order valence-electron chi connectivity index (χ0n) is 19.0. The van der Waals surface area contributed by atoms with Crippen LogP contribution in [0.5, 0.6) is 0 Å². The molecular weight excluding hydrogens is 418 g/mol. The van der Waals surface area contributed by atoms with Gasteiger partial charge in [-0.3, -0.25) is 9.69 Å². The first-order valence-electron chi connectivity index (χ1n) is 11.3. The molecule has 0 aliphatic heterocycles. The van der Waals surface area contributed by atoms with Crippen molar-refractivity contribution in [3.63, 3.8) is 0 Å². The number of rotatable bonds is 13. The summed E-state index contributed by atoms with van der Waals surface area (Å²) in [5, 5.41) is 12.3. The highest BCUT2D eigenvalue weighted by Gasteiger charge is 2.49. The Hall–Kier alpha value is -3.29. The Morgan fingerprint density at radius 3 is 2.33 bits per heavy atom. The summed E-state index contributed by atoms with van der Waals surface area (Å²) >= 11 is 0. The summed E-state index contributed by atoms with van der Waals surface area (Å²) in [7, 11) is 1.93. The van der Waals surface area contributed by atoms with Crippen LogP contribution < -0.4 is 10.3 Å². The average molecular weight is 452 g/mol. The first kappa shape index (κ1) is 24.4.